The first-order chi connectivity index (χ1) is 31.9. The minimum Gasteiger partial charge on any atom is -0.465 e. The Bertz CT molecular complexity index is 2720. The van der Waals surface area contributed by atoms with Gasteiger partial charge in [0.05, 0.1) is 52.3 Å². The minimum atomic E-state index is -3.87. The highest BCUT2D eigenvalue weighted by atomic mass is 35.5. The zero-order valence-corrected chi connectivity index (χ0v) is 40.4. The average Bonchev–Trinajstić information content (AvgIpc) is 3.90. The number of hydrogen-bond acceptors (Lipinski definition) is 19. The number of benzene rings is 2. The second-order valence-corrected chi connectivity index (χ2v) is 18.6. The van der Waals surface area contributed by atoms with Crippen LogP contribution in [0.2, 0.25) is 0 Å². The van der Waals surface area contributed by atoms with Crippen molar-refractivity contribution in [1.29, 1.82) is 0 Å². The number of carbonyl (C=O) groups excluding carboxylic acids is 2. The maximum absolute atomic E-state index is 13.4. The number of carbonyl (C=O) groups is 2. The third kappa shape index (κ3) is 18.3. The summed E-state index contributed by atoms with van der Waals surface area (Å²) in [5.41, 5.74) is 12.8. The van der Waals surface area contributed by atoms with Crippen LogP contribution < -0.4 is 33.8 Å². The Balaban J connectivity index is 0.000000312. The van der Waals surface area contributed by atoms with Gasteiger partial charge in [0.25, 0.3) is 18.6 Å². The van der Waals surface area contributed by atoms with Gasteiger partial charge in [-0.2, -0.15) is 9.97 Å². The minimum absolute atomic E-state index is 0. The number of nitrogens with zero attached hydrogens (tertiary/aromatic N) is 6. The molecule has 0 amide bonds. The zero-order valence-electron chi connectivity index (χ0n) is 37.8. The maximum atomic E-state index is 13.4. The van der Waals surface area contributed by atoms with Gasteiger partial charge in [0.1, 0.15) is 24.1 Å². The summed E-state index contributed by atoms with van der Waals surface area (Å²) in [5, 5.41) is 2.21. The van der Waals surface area contributed by atoms with Crippen LogP contribution in [-0.4, -0.2) is 106 Å². The monoisotopic (exact) mass is 1010 g/mol. The molecule has 0 aliphatic rings. The number of halogens is 1. The molecular weight excluding hydrogens is 954 g/mol. The van der Waals surface area contributed by atoms with E-state index in [1.165, 1.54) is 12.7 Å². The first kappa shape index (κ1) is 56.5. The predicted octanol–water partition coefficient (Wildman–Crippen LogP) is 4.04. The lowest BCUT2D eigenvalue weighted by molar-refractivity contribution is -0.145. The van der Waals surface area contributed by atoms with Crippen LogP contribution in [0.4, 0.5) is 11.9 Å². The maximum Gasteiger partial charge on any atom is 0.353 e. The lowest BCUT2D eigenvalue weighted by Gasteiger charge is -2.23. The Morgan fingerprint density at radius 3 is 1.63 bits per heavy atom. The first-order valence-electron chi connectivity index (χ1n) is 20.5. The number of nitrogens with two attached hydrogens (primary N) is 2. The Labute approximate surface area is 394 Å². The number of fused-ring (bicyclic) bond motifs is 2. The summed E-state index contributed by atoms with van der Waals surface area (Å²) in [6, 6.07) is 17.5. The number of alkyl halides is 1. The number of hydrogen-bond donors (Lipinski definition) is 7. The third-order valence-electron chi connectivity index (χ3n) is 8.66. The second-order valence-electron chi connectivity index (χ2n) is 14.0. The summed E-state index contributed by atoms with van der Waals surface area (Å²) in [5.74, 6) is -0.931. The lowest BCUT2D eigenvalue weighted by atomic mass is 10.2. The molecule has 0 aliphatic heterocycles. The summed E-state index contributed by atoms with van der Waals surface area (Å²) in [6.45, 7) is 8.05. The van der Waals surface area contributed by atoms with Crippen LogP contribution in [0.25, 0.3) is 22.3 Å². The van der Waals surface area contributed by atoms with Gasteiger partial charge in [-0.05, 0) is 38.8 Å². The molecule has 0 radical (unpaired) electrons. The van der Waals surface area contributed by atoms with Gasteiger partial charge in [-0.25, -0.2) is 15.1 Å². The smallest absolute Gasteiger partial charge is 0.353 e. The molecule has 4 heterocycles. The van der Waals surface area contributed by atoms with Crippen molar-refractivity contribution in [3.63, 3.8) is 0 Å². The van der Waals surface area contributed by atoms with Gasteiger partial charge < -0.3 is 59.6 Å². The molecule has 2 aromatic carbocycles. The van der Waals surface area contributed by atoms with Crippen molar-refractivity contribution in [2.24, 2.45) is 0 Å². The summed E-state index contributed by atoms with van der Waals surface area (Å²) in [7, 11) is -7.44. The van der Waals surface area contributed by atoms with Crippen LogP contribution in [0.3, 0.4) is 0 Å². The number of H-pyrrole nitrogens is 2. The average molecular weight is 1010 g/mol. The molecule has 6 rings (SSSR count). The van der Waals surface area contributed by atoms with Crippen LogP contribution in [0.1, 0.15) is 38.8 Å². The van der Waals surface area contributed by atoms with E-state index in [1.807, 2.05) is 48.5 Å². The second kappa shape index (κ2) is 27.8. The van der Waals surface area contributed by atoms with E-state index in [-0.39, 0.29) is 87.5 Å². The van der Waals surface area contributed by atoms with Gasteiger partial charge in [0.15, 0.2) is 22.3 Å². The van der Waals surface area contributed by atoms with Crippen molar-refractivity contribution in [1.82, 2.24) is 50.3 Å². The van der Waals surface area contributed by atoms with E-state index in [0.29, 0.717) is 17.9 Å². The molecule has 0 bridgehead atoms. The number of nitrogen functional groups attached to an aromatic ring is 2. The van der Waals surface area contributed by atoms with Gasteiger partial charge in [-0.3, -0.25) is 38.3 Å². The quantitative estimate of drug-likeness (QED) is 0.0218. The van der Waals surface area contributed by atoms with Crippen molar-refractivity contribution in [3.05, 3.63) is 105 Å². The molecule has 11 N–H and O–H groups in total. The van der Waals surface area contributed by atoms with Gasteiger partial charge in [-0.15, -0.1) is 11.6 Å². The van der Waals surface area contributed by atoms with Gasteiger partial charge in [-0.1, -0.05) is 60.7 Å². The van der Waals surface area contributed by atoms with Crippen LogP contribution in [-0.2, 0) is 73.0 Å². The highest BCUT2D eigenvalue weighted by Gasteiger charge is 2.30. The predicted molar refractivity (Wildman–Crippen MR) is 253 cm³/mol. The third-order valence-corrected chi connectivity index (χ3v) is 11.7. The summed E-state index contributed by atoms with van der Waals surface area (Å²) in [6.07, 6.45) is 2.15. The molecule has 28 heteroatoms. The largest absolute Gasteiger partial charge is 0.465 e. The van der Waals surface area contributed by atoms with Crippen LogP contribution in [0, 0.1) is 0 Å². The number of anilines is 2. The molecule has 2 unspecified atom stereocenters. The number of imidazole rings is 2. The molecular formula is C40H57ClN12O13P2. The Morgan fingerprint density at radius 1 is 0.750 bits per heavy atom. The summed E-state index contributed by atoms with van der Waals surface area (Å²) in [4.78, 5) is 76.6. The molecule has 4 aromatic heterocycles. The standard InChI is InChI=1S/C20H27N6O6P.C15H18N5O5P.C5H9ClO2.H3N/c1-3-31-19(28)14(2)25-33(29,32-11-15-7-5-4-6-8-15)13-30-10-9-26-12-22-16-17(26)23-20(21)24-18(16)27;16-15-18-13-12(14(21)19-15)17-9-20(13)6-7-24-10-26(22,23)25-8-11-4-2-1-3-5-11;1-3-8-5(7)4(2)6;/h4-8,12,14H,3,9-11,13H2,1-2H3,(H,25,29)(H3,21,23,24,27);1-5,9H,6-8,10H2,(H,22,23)(H3,16,18,19,21);4H,3H2,1-2H3;1H3/t14-,33?;;4-;/m0.0./s1. The normalized spacial score (nSPS) is 13.6. The topological polar surface area (TPSA) is 370 Å². The molecule has 0 spiro atoms. The summed E-state index contributed by atoms with van der Waals surface area (Å²) < 4.78 is 59.6. The number of nitrogens with one attached hydrogen (secondary N) is 3. The Hall–Kier alpha value is -5.85. The molecule has 6 aromatic rings. The molecule has 372 valence electrons. The van der Waals surface area contributed by atoms with E-state index in [9.17, 15) is 33.2 Å². The molecule has 0 saturated heterocycles. The molecule has 0 saturated carbocycles. The molecule has 0 fully saturated rings. The van der Waals surface area contributed by atoms with E-state index in [2.05, 4.69) is 39.7 Å². The van der Waals surface area contributed by atoms with Crippen molar-refractivity contribution >= 4 is 72.9 Å². The Kier molecular flexibility index (Phi) is 23.1. The fourth-order valence-corrected chi connectivity index (χ4v) is 7.98. The van der Waals surface area contributed by atoms with Crippen molar-refractivity contribution < 1.29 is 51.6 Å². The summed E-state index contributed by atoms with van der Waals surface area (Å²) >= 11 is 5.33. The fourth-order valence-electron chi connectivity index (χ4n) is 5.48. The van der Waals surface area contributed by atoms with E-state index in [4.69, 9.17) is 46.3 Å². The highest BCUT2D eigenvalue weighted by molar-refractivity contribution is 7.56. The van der Waals surface area contributed by atoms with Crippen molar-refractivity contribution in [2.45, 2.75) is 65.4 Å². The van der Waals surface area contributed by atoms with Crippen LogP contribution in [0.5, 0.6) is 0 Å². The van der Waals surface area contributed by atoms with Gasteiger partial charge in [0.2, 0.25) is 11.9 Å². The van der Waals surface area contributed by atoms with Crippen LogP contribution in [0.15, 0.2) is 82.9 Å². The van der Waals surface area contributed by atoms with Crippen molar-refractivity contribution in [2.75, 3.05) is 50.6 Å². The van der Waals surface area contributed by atoms with Gasteiger partial charge >= 0.3 is 19.5 Å². The molecule has 0 aliphatic carbocycles. The lowest BCUT2D eigenvalue weighted by Crippen LogP contribution is -2.34. The number of esters is 2. The number of rotatable bonds is 22. The van der Waals surface area contributed by atoms with Crippen molar-refractivity contribution in [3.8, 4) is 0 Å². The molecule has 4 atom stereocenters. The van der Waals surface area contributed by atoms with E-state index >= 15 is 0 Å². The number of aromatic nitrogens is 8. The van der Waals surface area contributed by atoms with Crippen LogP contribution >= 0.6 is 26.7 Å². The number of aromatic amines is 2. The fraction of sp³-hybridized carbons (Fsp3) is 0.400. The first-order valence-corrected chi connectivity index (χ1v) is 24.5. The molecule has 25 nitrogen and oxygen atoms in total. The van der Waals surface area contributed by atoms with E-state index in [0.717, 1.165) is 11.1 Å². The SMILES string of the molecule is CCOC(=O)[C@H](C)Cl.CCOC(=O)[C@H](C)NP(=O)(COCCn1cnc2c(=O)[nH]c(N)nc21)OCc1ccccc1.N.Nc1nc2c(ncn2CCOCP(=O)(O)OCc2ccccc2)c(=O)[nH]1. The van der Waals surface area contributed by atoms with E-state index in [1.54, 1.807) is 49.0 Å². The zero-order chi connectivity index (χ0) is 49.0. The number of ether oxygens (including phenoxy) is 4. The van der Waals surface area contributed by atoms with Gasteiger partial charge in [0, 0.05) is 13.1 Å². The molecule has 68 heavy (non-hydrogen) atoms. The van der Waals surface area contributed by atoms with E-state index < -0.39 is 50.0 Å². The Morgan fingerprint density at radius 2 is 1.19 bits per heavy atom. The highest BCUT2D eigenvalue weighted by Crippen LogP contribution is 2.44.